The molecule has 2 amide bonds. The minimum absolute atomic E-state index is 0.0778. The number of hydrogen-bond acceptors (Lipinski definition) is 2. The number of rotatable bonds is 4. The smallest absolute Gasteiger partial charge is 0.244 e. The topological polar surface area (TPSA) is 49.4 Å². The molecular formula is C18H18ClFN2O2. The highest BCUT2D eigenvalue weighted by molar-refractivity contribution is 6.31. The van der Waals surface area contributed by atoms with E-state index >= 15 is 0 Å². The Balaban J connectivity index is 2.20. The number of anilines is 2. The van der Waals surface area contributed by atoms with Crippen LogP contribution in [0.25, 0.3) is 0 Å². The normalized spacial score (nSPS) is 10.4. The largest absolute Gasteiger partial charge is 0.324 e. The van der Waals surface area contributed by atoms with Gasteiger partial charge in [0, 0.05) is 12.6 Å². The van der Waals surface area contributed by atoms with Crippen molar-refractivity contribution in [1.29, 1.82) is 0 Å². The number of aryl methyl sites for hydroxylation is 2. The van der Waals surface area contributed by atoms with Gasteiger partial charge in [0.15, 0.2) is 0 Å². The van der Waals surface area contributed by atoms with Crippen molar-refractivity contribution in [1.82, 2.24) is 0 Å². The zero-order valence-electron chi connectivity index (χ0n) is 13.7. The molecule has 2 aromatic carbocycles. The SMILES string of the molecule is CC(=O)N(CC(=O)Nc1ccc(F)c(Cl)c1)c1c(C)cccc1C. The standard InChI is InChI=1S/C18H18ClFN2O2/c1-11-5-4-6-12(2)18(11)22(13(3)23)10-17(24)21-14-7-8-16(20)15(19)9-14/h4-9H,10H2,1-3H3,(H,21,24). The summed E-state index contributed by atoms with van der Waals surface area (Å²) in [5, 5.41) is 2.54. The maximum atomic E-state index is 13.2. The summed E-state index contributed by atoms with van der Waals surface area (Å²) in [7, 11) is 0. The van der Waals surface area contributed by atoms with Crippen LogP contribution >= 0.6 is 11.6 Å². The highest BCUT2D eigenvalue weighted by Gasteiger charge is 2.19. The van der Waals surface area contributed by atoms with E-state index in [1.165, 1.54) is 30.0 Å². The lowest BCUT2D eigenvalue weighted by Gasteiger charge is -2.24. The van der Waals surface area contributed by atoms with Crippen LogP contribution in [0.3, 0.4) is 0 Å². The Morgan fingerprint density at radius 3 is 2.33 bits per heavy atom. The molecule has 0 atom stereocenters. The van der Waals surface area contributed by atoms with Gasteiger partial charge in [0.25, 0.3) is 0 Å². The summed E-state index contributed by atoms with van der Waals surface area (Å²) in [6.07, 6.45) is 0. The van der Waals surface area contributed by atoms with Gasteiger partial charge >= 0.3 is 0 Å². The maximum Gasteiger partial charge on any atom is 0.244 e. The number of nitrogens with zero attached hydrogens (tertiary/aromatic N) is 1. The van der Waals surface area contributed by atoms with E-state index in [-0.39, 0.29) is 17.5 Å². The van der Waals surface area contributed by atoms with Gasteiger partial charge in [0.1, 0.15) is 12.4 Å². The third-order valence-electron chi connectivity index (χ3n) is 3.59. The van der Waals surface area contributed by atoms with Crippen LogP contribution in [0.5, 0.6) is 0 Å². The van der Waals surface area contributed by atoms with Gasteiger partial charge < -0.3 is 10.2 Å². The van der Waals surface area contributed by atoms with Crippen LogP contribution < -0.4 is 10.2 Å². The summed E-state index contributed by atoms with van der Waals surface area (Å²) in [4.78, 5) is 25.7. The van der Waals surface area contributed by atoms with Crippen LogP contribution in [-0.2, 0) is 9.59 Å². The van der Waals surface area contributed by atoms with Crippen molar-refractivity contribution >= 4 is 34.8 Å². The van der Waals surface area contributed by atoms with Crippen molar-refractivity contribution in [3.63, 3.8) is 0 Å². The first-order chi connectivity index (χ1) is 11.3. The summed E-state index contributed by atoms with van der Waals surface area (Å²) in [5.74, 6) is -1.19. The average Bonchev–Trinajstić information content (AvgIpc) is 2.49. The summed E-state index contributed by atoms with van der Waals surface area (Å²) < 4.78 is 13.2. The van der Waals surface area contributed by atoms with Gasteiger partial charge in [-0.05, 0) is 43.2 Å². The van der Waals surface area contributed by atoms with E-state index in [1.54, 1.807) is 0 Å². The lowest BCUT2D eigenvalue weighted by molar-refractivity contribution is -0.120. The number of hydrogen-bond donors (Lipinski definition) is 1. The van der Waals surface area contributed by atoms with Gasteiger partial charge in [-0.2, -0.15) is 0 Å². The Labute approximate surface area is 145 Å². The maximum absolute atomic E-state index is 13.2. The van der Waals surface area contributed by atoms with Crippen molar-refractivity contribution in [2.24, 2.45) is 0 Å². The van der Waals surface area contributed by atoms with Crippen molar-refractivity contribution in [3.8, 4) is 0 Å². The summed E-state index contributed by atoms with van der Waals surface area (Å²) in [6.45, 7) is 5.04. The number of carbonyl (C=O) groups is 2. The Morgan fingerprint density at radius 1 is 1.17 bits per heavy atom. The van der Waals surface area contributed by atoms with E-state index in [4.69, 9.17) is 11.6 Å². The van der Waals surface area contributed by atoms with E-state index in [0.29, 0.717) is 5.69 Å². The molecule has 0 heterocycles. The van der Waals surface area contributed by atoms with E-state index < -0.39 is 11.7 Å². The Kier molecular flexibility index (Phi) is 5.57. The van der Waals surface area contributed by atoms with Crippen LogP contribution in [0.4, 0.5) is 15.8 Å². The highest BCUT2D eigenvalue weighted by atomic mass is 35.5. The molecule has 0 radical (unpaired) electrons. The van der Waals surface area contributed by atoms with Crippen molar-refractivity contribution in [2.45, 2.75) is 20.8 Å². The van der Waals surface area contributed by atoms with Gasteiger partial charge in [0.2, 0.25) is 11.8 Å². The summed E-state index contributed by atoms with van der Waals surface area (Å²) in [5.41, 5.74) is 2.90. The molecule has 0 saturated heterocycles. The fourth-order valence-corrected chi connectivity index (χ4v) is 2.68. The number of benzene rings is 2. The van der Waals surface area contributed by atoms with E-state index in [0.717, 1.165) is 16.8 Å². The molecule has 0 aliphatic rings. The van der Waals surface area contributed by atoms with Crippen LogP contribution in [0.15, 0.2) is 36.4 Å². The second kappa shape index (κ2) is 7.45. The summed E-state index contributed by atoms with van der Waals surface area (Å²) in [6, 6.07) is 9.58. The van der Waals surface area contributed by atoms with Gasteiger partial charge in [-0.15, -0.1) is 0 Å². The molecule has 0 unspecified atom stereocenters. The van der Waals surface area contributed by atoms with Gasteiger partial charge in [-0.25, -0.2) is 4.39 Å². The van der Waals surface area contributed by atoms with Crippen LogP contribution in [0, 0.1) is 19.7 Å². The second-order valence-electron chi connectivity index (χ2n) is 5.52. The van der Waals surface area contributed by atoms with Gasteiger partial charge in [0.05, 0.1) is 10.7 Å². The Bertz CT molecular complexity index is 772. The van der Waals surface area contributed by atoms with E-state index in [1.807, 2.05) is 32.0 Å². The number of amides is 2. The van der Waals surface area contributed by atoms with Gasteiger partial charge in [-0.1, -0.05) is 29.8 Å². The third kappa shape index (κ3) is 4.11. The number of halogens is 2. The lowest BCUT2D eigenvalue weighted by Crippen LogP contribution is -2.37. The fraction of sp³-hybridized carbons (Fsp3) is 0.222. The van der Waals surface area contributed by atoms with Crippen LogP contribution in [-0.4, -0.2) is 18.4 Å². The van der Waals surface area contributed by atoms with E-state index in [2.05, 4.69) is 5.32 Å². The molecule has 6 heteroatoms. The highest BCUT2D eigenvalue weighted by Crippen LogP contribution is 2.25. The second-order valence-corrected chi connectivity index (χ2v) is 5.93. The Hall–Kier alpha value is -2.40. The van der Waals surface area contributed by atoms with Crippen molar-refractivity contribution in [2.75, 3.05) is 16.8 Å². The minimum Gasteiger partial charge on any atom is -0.324 e. The number of para-hydroxylation sites is 1. The van der Waals surface area contributed by atoms with Crippen molar-refractivity contribution in [3.05, 3.63) is 58.4 Å². The first-order valence-electron chi connectivity index (χ1n) is 7.39. The molecular weight excluding hydrogens is 331 g/mol. The molecule has 0 aliphatic heterocycles. The number of carbonyl (C=O) groups excluding carboxylic acids is 2. The molecule has 0 aliphatic carbocycles. The summed E-state index contributed by atoms with van der Waals surface area (Å²) >= 11 is 5.70. The molecule has 2 rings (SSSR count). The molecule has 0 aromatic heterocycles. The average molecular weight is 349 g/mol. The molecule has 24 heavy (non-hydrogen) atoms. The molecule has 0 spiro atoms. The number of nitrogens with one attached hydrogen (secondary N) is 1. The Morgan fingerprint density at radius 2 is 1.79 bits per heavy atom. The third-order valence-corrected chi connectivity index (χ3v) is 3.88. The predicted octanol–water partition coefficient (Wildman–Crippen LogP) is 4.09. The first-order valence-corrected chi connectivity index (χ1v) is 7.76. The molecule has 2 aromatic rings. The fourth-order valence-electron chi connectivity index (χ4n) is 2.50. The monoisotopic (exact) mass is 348 g/mol. The van der Waals surface area contributed by atoms with Crippen molar-refractivity contribution < 1.29 is 14.0 Å². The van der Waals surface area contributed by atoms with E-state index in [9.17, 15) is 14.0 Å². The predicted molar refractivity (Wildman–Crippen MR) is 94.0 cm³/mol. The zero-order chi connectivity index (χ0) is 17.9. The zero-order valence-corrected chi connectivity index (χ0v) is 14.4. The lowest BCUT2D eigenvalue weighted by atomic mass is 10.1. The van der Waals surface area contributed by atoms with Gasteiger partial charge in [-0.3, -0.25) is 9.59 Å². The molecule has 0 saturated carbocycles. The first kappa shape index (κ1) is 17.9. The van der Waals surface area contributed by atoms with Crippen LogP contribution in [0.1, 0.15) is 18.1 Å². The minimum atomic E-state index is -0.560. The molecule has 1 N–H and O–H groups in total. The molecule has 0 fully saturated rings. The molecule has 0 bridgehead atoms. The molecule has 126 valence electrons. The quantitative estimate of drug-likeness (QED) is 0.904. The van der Waals surface area contributed by atoms with Crippen LogP contribution in [0.2, 0.25) is 5.02 Å². The molecule has 4 nitrogen and oxygen atoms in total.